The number of aromatic nitrogens is 1. The highest BCUT2D eigenvalue weighted by molar-refractivity contribution is 9.10. The Hall–Kier alpha value is -2.20. The zero-order valence-corrected chi connectivity index (χ0v) is 16.5. The molecule has 3 aromatic rings. The van der Waals surface area contributed by atoms with E-state index in [4.69, 9.17) is 4.42 Å². The van der Waals surface area contributed by atoms with Crippen LogP contribution in [0.15, 0.2) is 37.9 Å². The van der Waals surface area contributed by atoms with Crippen LogP contribution in [0, 0.1) is 11.6 Å². The van der Waals surface area contributed by atoms with Crippen LogP contribution in [0.4, 0.5) is 22.0 Å². The van der Waals surface area contributed by atoms with Crippen molar-refractivity contribution in [2.45, 2.75) is 31.6 Å². The fourth-order valence-corrected chi connectivity index (χ4v) is 4.39. The van der Waals surface area contributed by atoms with Crippen molar-refractivity contribution in [1.29, 1.82) is 0 Å². The van der Waals surface area contributed by atoms with Crippen molar-refractivity contribution in [3.8, 4) is 0 Å². The number of nitrogens with zero attached hydrogens (tertiary/aromatic N) is 1. The molecule has 0 radical (unpaired) electrons. The quantitative estimate of drug-likeness (QED) is 0.526. The molecular weight excluding hydrogens is 463 g/mol. The minimum Gasteiger partial charge on any atom is -0.408 e. The number of aromatic amines is 1. The van der Waals surface area contributed by atoms with E-state index in [0.717, 1.165) is 17.0 Å². The molecule has 0 fully saturated rings. The van der Waals surface area contributed by atoms with Crippen molar-refractivity contribution in [1.82, 2.24) is 9.88 Å². The lowest BCUT2D eigenvalue weighted by molar-refractivity contribution is -0.155. The lowest BCUT2D eigenvalue weighted by Gasteiger charge is -2.42. The number of halogens is 6. The summed E-state index contributed by atoms with van der Waals surface area (Å²) >= 11 is 2.99. The molecule has 0 spiro atoms. The van der Waals surface area contributed by atoms with Gasteiger partial charge >= 0.3 is 11.9 Å². The molecular formula is C19H14BrF5N2O2. The van der Waals surface area contributed by atoms with E-state index in [1.165, 1.54) is 12.1 Å². The minimum atomic E-state index is -4.57. The Morgan fingerprint density at radius 2 is 1.90 bits per heavy atom. The van der Waals surface area contributed by atoms with Crippen LogP contribution in [-0.2, 0) is 6.42 Å². The zero-order chi connectivity index (χ0) is 21.1. The average Bonchev–Trinajstić information content (AvgIpc) is 2.96. The van der Waals surface area contributed by atoms with Crippen molar-refractivity contribution in [3.63, 3.8) is 0 Å². The van der Waals surface area contributed by atoms with Crippen LogP contribution >= 0.6 is 15.9 Å². The van der Waals surface area contributed by atoms with Gasteiger partial charge in [0.05, 0.1) is 18.1 Å². The summed E-state index contributed by atoms with van der Waals surface area (Å²) in [4.78, 5) is 15.1. The maximum atomic E-state index is 14.8. The molecule has 0 saturated carbocycles. The number of nitrogens with one attached hydrogen (secondary N) is 1. The van der Waals surface area contributed by atoms with Crippen LogP contribution in [0.2, 0.25) is 0 Å². The molecule has 10 heteroatoms. The summed E-state index contributed by atoms with van der Waals surface area (Å²) in [7, 11) is 0. The van der Waals surface area contributed by atoms with Gasteiger partial charge in [0.1, 0.15) is 11.6 Å². The van der Waals surface area contributed by atoms with Gasteiger partial charge in [0.15, 0.2) is 5.58 Å². The lowest BCUT2D eigenvalue weighted by Crippen LogP contribution is -2.47. The van der Waals surface area contributed by atoms with E-state index in [2.05, 4.69) is 20.9 Å². The van der Waals surface area contributed by atoms with Crippen molar-refractivity contribution in [2.24, 2.45) is 0 Å². The SMILES string of the molecule is C[C@@H]1Cc2c(ccc3[nH]c(=O)oc23)[C@@H](c2c(F)cc(Br)cc2F)N1CC(F)(F)F. The summed E-state index contributed by atoms with van der Waals surface area (Å²) in [5, 5.41) is 0. The van der Waals surface area contributed by atoms with Crippen molar-refractivity contribution >= 4 is 27.0 Å². The number of alkyl halides is 3. The molecule has 0 amide bonds. The third-order valence-electron chi connectivity index (χ3n) is 5.10. The molecule has 1 aliphatic rings. The van der Waals surface area contributed by atoms with Crippen LogP contribution in [-0.4, -0.2) is 28.6 Å². The smallest absolute Gasteiger partial charge is 0.408 e. The monoisotopic (exact) mass is 476 g/mol. The van der Waals surface area contributed by atoms with Crippen molar-refractivity contribution < 1.29 is 26.4 Å². The third-order valence-corrected chi connectivity index (χ3v) is 5.56. The fraction of sp³-hybridized carbons (Fsp3) is 0.316. The second-order valence-electron chi connectivity index (χ2n) is 7.05. The Labute approximate surface area is 169 Å². The summed E-state index contributed by atoms with van der Waals surface area (Å²) in [5.41, 5.74) is 0.804. The van der Waals surface area contributed by atoms with Gasteiger partial charge < -0.3 is 4.42 Å². The Balaban J connectivity index is 2.00. The first-order valence-electron chi connectivity index (χ1n) is 8.66. The second-order valence-corrected chi connectivity index (χ2v) is 7.97. The molecule has 0 saturated heterocycles. The summed E-state index contributed by atoms with van der Waals surface area (Å²) in [6.45, 7) is 0.197. The summed E-state index contributed by atoms with van der Waals surface area (Å²) in [6, 6.07) is 2.90. The number of oxazole rings is 1. The Kier molecular flexibility index (Phi) is 4.81. The number of rotatable bonds is 2. The molecule has 4 rings (SSSR count). The summed E-state index contributed by atoms with van der Waals surface area (Å²) in [5.74, 6) is -2.65. The number of hydrogen-bond donors (Lipinski definition) is 1. The van der Waals surface area contributed by atoms with Crippen LogP contribution in [0.25, 0.3) is 11.1 Å². The molecule has 0 aliphatic carbocycles. The van der Waals surface area contributed by atoms with Crippen molar-refractivity contribution in [2.75, 3.05) is 6.54 Å². The van der Waals surface area contributed by atoms with Crippen LogP contribution < -0.4 is 5.76 Å². The maximum absolute atomic E-state index is 14.8. The number of H-pyrrole nitrogens is 1. The van der Waals surface area contributed by atoms with E-state index >= 15 is 0 Å². The van der Waals surface area contributed by atoms with Gasteiger partial charge in [-0.15, -0.1) is 0 Å². The first-order valence-corrected chi connectivity index (χ1v) is 9.46. The highest BCUT2D eigenvalue weighted by atomic mass is 79.9. The third kappa shape index (κ3) is 3.59. The molecule has 1 N–H and O–H groups in total. The van der Waals surface area contributed by atoms with Gasteiger partial charge in [0.25, 0.3) is 0 Å². The van der Waals surface area contributed by atoms with E-state index in [1.54, 1.807) is 6.92 Å². The van der Waals surface area contributed by atoms with E-state index < -0.39 is 47.8 Å². The van der Waals surface area contributed by atoms with Gasteiger partial charge in [-0.2, -0.15) is 13.2 Å². The van der Waals surface area contributed by atoms with E-state index in [9.17, 15) is 26.7 Å². The topological polar surface area (TPSA) is 49.2 Å². The second kappa shape index (κ2) is 6.94. The molecule has 154 valence electrons. The van der Waals surface area contributed by atoms with E-state index in [-0.39, 0.29) is 22.0 Å². The van der Waals surface area contributed by atoms with Gasteiger partial charge in [0.2, 0.25) is 0 Å². The number of hydrogen-bond acceptors (Lipinski definition) is 3. The van der Waals surface area contributed by atoms with Gasteiger partial charge in [-0.05, 0) is 37.1 Å². The van der Waals surface area contributed by atoms with Gasteiger partial charge in [0, 0.05) is 21.6 Å². The number of benzene rings is 2. The molecule has 2 heterocycles. The Morgan fingerprint density at radius 3 is 2.52 bits per heavy atom. The maximum Gasteiger partial charge on any atom is 0.417 e. The first-order chi connectivity index (χ1) is 13.5. The first kappa shape index (κ1) is 20.1. The predicted molar refractivity (Wildman–Crippen MR) is 98.7 cm³/mol. The molecule has 0 unspecified atom stereocenters. The van der Waals surface area contributed by atoms with Crippen LogP contribution in [0.5, 0.6) is 0 Å². The normalized spacial score (nSPS) is 20.2. The molecule has 1 aromatic heterocycles. The van der Waals surface area contributed by atoms with Gasteiger partial charge in [-0.3, -0.25) is 9.88 Å². The largest absolute Gasteiger partial charge is 0.417 e. The number of fused-ring (bicyclic) bond motifs is 3. The molecule has 29 heavy (non-hydrogen) atoms. The van der Waals surface area contributed by atoms with Gasteiger partial charge in [-0.1, -0.05) is 22.0 Å². The van der Waals surface area contributed by atoms with Crippen LogP contribution in [0.3, 0.4) is 0 Å². The molecule has 2 aromatic carbocycles. The van der Waals surface area contributed by atoms with Crippen molar-refractivity contribution in [3.05, 3.63) is 67.6 Å². The predicted octanol–water partition coefficient (Wildman–Crippen LogP) is 5.06. The van der Waals surface area contributed by atoms with Gasteiger partial charge in [-0.25, -0.2) is 13.6 Å². The standard InChI is InChI=1S/C19H14BrF5N2O2/c1-8-4-11-10(2-3-14-17(11)29-18(28)26-14)16(27(8)7-19(23,24)25)15-12(21)5-9(20)6-13(15)22/h2-3,5-6,8,16H,4,7H2,1H3,(H,26,28)/t8-,16+/m1/s1. The molecule has 2 atom stereocenters. The summed E-state index contributed by atoms with van der Waals surface area (Å²) < 4.78 is 74.8. The van der Waals surface area contributed by atoms with Crippen LogP contribution in [0.1, 0.15) is 29.7 Å². The molecule has 4 nitrogen and oxygen atoms in total. The Morgan fingerprint density at radius 1 is 1.24 bits per heavy atom. The summed E-state index contributed by atoms with van der Waals surface area (Å²) in [6.07, 6.45) is -4.45. The molecule has 0 bridgehead atoms. The highest BCUT2D eigenvalue weighted by Gasteiger charge is 2.43. The highest BCUT2D eigenvalue weighted by Crippen LogP contribution is 2.43. The zero-order valence-electron chi connectivity index (χ0n) is 14.9. The van der Waals surface area contributed by atoms with E-state index in [1.807, 2.05) is 0 Å². The minimum absolute atomic E-state index is 0.125. The molecule has 1 aliphatic heterocycles. The average molecular weight is 477 g/mol. The van der Waals surface area contributed by atoms with E-state index in [0.29, 0.717) is 11.1 Å². The Bertz CT molecular complexity index is 1130. The fourth-order valence-electron chi connectivity index (χ4n) is 3.99. The lowest BCUT2D eigenvalue weighted by atomic mass is 9.84.